The lowest BCUT2D eigenvalue weighted by atomic mass is 10.2. The van der Waals surface area contributed by atoms with Gasteiger partial charge in [0.2, 0.25) is 0 Å². The lowest BCUT2D eigenvalue weighted by molar-refractivity contribution is 0.554. The molecule has 0 aliphatic rings. The normalized spacial score (nSPS) is 12.9. The summed E-state index contributed by atoms with van der Waals surface area (Å²) in [6.07, 6.45) is 0. The Hall–Kier alpha value is -0.200. The van der Waals surface area contributed by atoms with Gasteiger partial charge in [-0.15, -0.1) is 0 Å². The van der Waals surface area contributed by atoms with Gasteiger partial charge < -0.3 is 11.1 Å². The maximum absolute atomic E-state index is 12.8. The van der Waals surface area contributed by atoms with Crippen molar-refractivity contribution >= 4 is 22.6 Å². The van der Waals surface area contributed by atoms with E-state index in [4.69, 9.17) is 5.73 Å². The molecule has 3 N–H and O–H groups in total. The molecule has 0 saturated heterocycles. The Balaban J connectivity index is 2.59. The van der Waals surface area contributed by atoms with Crippen molar-refractivity contribution in [3.63, 3.8) is 0 Å². The van der Waals surface area contributed by atoms with E-state index in [9.17, 15) is 4.39 Å². The van der Waals surface area contributed by atoms with Crippen LogP contribution in [0.4, 0.5) is 4.39 Å². The average molecular weight is 308 g/mol. The molecule has 2 nitrogen and oxygen atoms in total. The van der Waals surface area contributed by atoms with E-state index in [2.05, 4.69) is 27.9 Å². The van der Waals surface area contributed by atoms with E-state index in [1.165, 1.54) is 12.1 Å². The van der Waals surface area contributed by atoms with Crippen LogP contribution in [0.5, 0.6) is 0 Å². The molecule has 1 rings (SSSR count). The molecule has 1 unspecified atom stereocenters. The number of rotatable bonds is 4. The number of nitrogens with one attached hydrogen (secondary N) is 1. The minimum Gasteiger partial charge on any atom is -0.329 e. The van der Waals surface area contributed by atoms with Gasteiger partial charge in [-0.05, 0) is 47.2 Å². The Kier molecular flexibility index (Phi) is 4.77. The smallest absolute Gasteiger partial charge is 0.124 e. The maximum atomic E-state index is 12.8. The number of hydrogen-bond donors (Lipinski definition) is 2. The van der Waals surface area contributed by atoms with Gasteiger partial charge in [-0.3, -0.25) is 0 Å². The highest BCUT2D eigenvalue weighted by Crippen LogP contribution is 2.13. The molecule has 0 aliphatic heterocycles. The Morgan fingerprint density at radius 3 is 2.86 bits per heavy atom. The molecule has 0 aliphatic carbocycles. The first-order valence-electron chi connectivity index (χ1n) is 4.51. The first kappa shape index (κ1) is 11.9. The van der Waals surface area contributed by atoms with E-state index in [1.807, 2.05) is 6.92 Å². The highest BCUT2D eigenvalue weighted by atomic mass is 127. The molecule has 1 aromatic rings. The van der Waals surface area contributed by atoms with Gasteiger partial charge in [0, 0.05) is 22.7 Å². The third-order valence-electron chi connectivity index (χ3n) is 2.01. The van der Waals surface area contributed by atoms with Gasteiger partial charge >= 0.3 is 0 Å². The van der Waals surface area contributed by atoms with Crippen molar-refractivity contribution in [1.82, 2.24) is 5.32 Å². The molecule has 0 saturated carbocycles. The average Bonchev–Trinajstić information content (AvgIpc) is 2.16. The van der Waals surface area contributed by atoms with E-state index in [-0.39, 0.29) is 11.9 Å². The largest absolute Gasteiger partial charge is 0.329 e. The summed E-state index contributed by atoms with van der Waals surface area (Å²) in [6.45, 7) is 3.37. The highest BCUT2D eigenvalue weighted by molar-refractivity contribution is 14.1. The Morgan fingerprint density at radius 2 is 2.29 bits per heavy atom. The molecule has 0 bridgehead atoms. The van der Waals surface area contributed by atoms with E-state index >= 15 is 0 Å². The molecule has 0 aromatic heterocycles. The van der Waals surface area contributed by atoms with Crippen LogP contribution < -0.4 is 11.1 Å². The fourth-order valence-electron chi connectivity index (χ4n) is 1.03. The molecule has 1 atom stereocenters. The zero-order valence-electron chi connectivity index (χ0n) is 8.06. The second-order valence-corrected chi connectivity index (χ2v) is 4.42. The first-order valence-corrected chi connectivity index (χ1v) is 5.58. The summed E-state index contributed by atoms with van der Waals surface area (Å²) in [5.74, 6) is -0.190. The number of hydrogen-bond acceptors (Lipinski definition) is 2. The van der Waals surface area contributed by atoms with Gasteiger partial charge in [0.1, 0.15) is 5.82 Å². The van der Waals surface area contributed by atoms with Crippen LogP contribution in [0.25, 0.3) is 0 Å². The van der Waals surface area contributed by atoms with Crippen molar-refractivity contribution in [3.05, 3.63) is 33.1 Å². The second kappa shape index (κ2) is 5.63. The third kappa shape index (κ3) is 3.51. The second-order valence-electron chi connectivity index (χ2n) is 3.25. The number of benzene rings is 1. The van der Waals surface area contributed by atoms with Gasteiger partial charge in [0.05, 0.1) is 0 Å². The quantitative estimate of drug-likeness (QED) is 0.834. The van der Waals surface area contributed by atoms with Crippen LogP contribution in [0, 0.1) is 9.39 Å². The van der Waals surface area contributed by atoms with Gasteiger partial charge in [-0.2, -0.15) is 0 Å². The van der Waals surface area contributed by atoms with Crippen LogP contribution in [-0.2, 0) is 6.54 Å². The molecule has 0 spiro atoms. The lowest BCUT2D eigenvalue weighted by Gasteiger charge is -2.12. The predicted octanol–water partition coefficient (Wildman–Crippen LogP) is 1.87. The van der Waals surface area contributed by atoms with E-state index in [0.29, 0.717) is 6.54 Å². The lowest BCUT2D eigenvalue weighted by Crippen LogP contribution is -2.32. The van der Waals surface area contributed by atoms with Crippen molar-refractivity contribution in [2.75, 3.05) is 6.54 Å². The molecule has 78 valence electrons. The summed E-state index contributed by atoms with van der Waals surface area (Å²) >= 11 is 2.13. The van der Waals surface area contributed by atoms with E-state index < -0.39 is 0 Å². The highest BCUT2D eigenvalue weighted by Gasteiger charge is 2.03. The van der Waals surface area contributed by atoms with Crippen LogP contribution >= 0.6 is 22.6 Å². The van der Waals surface area contributed by atoms with Crippen molar-refractivity contribution < 1.29 is 4.39 Å². The zero-order valence-corrected chi connectivity index (χ0v) is 10.2. The van der Waals surface area contributed by atoms with Gasteiger partial charge in [0.25, 0.3) is 0 Å². The Labute approximate surface area is 97.2 Å². The van der Waals surface area contributed by atoms with E-state index in [0.717, 1.165) is 15.7 Å². The van der Waals surface area contributed by atoms with Crippen molar-refractivity contribution in [3.8, 4) is 0 Å². The molecule has 0 amide bonds. The molecule has 0 heterocycles. The van der Waals surface area contributed by atoms with Crippen molar-refractivity contribution in [2.24, 2.45) is 5.73 Å². The van der Waals surface area contributed by atoms with Gasteiger partial charge in [0.15, 0.2) is 0 Å². The molecular weight excluding hydrogens is 294 g/mol. The summed E-state index contributed by atoms with van der Waals surface area (Å²) in [4.78, 5) is 0. The summed E-state index contributed by atoms with van der Waals surface area (Å²) in [6, 6.07) is 5.10. The van der Waals surface area contributed by atoms with Gasteiger partial charge in [-0.1, -0.05) is 6.07 Å². The summed E-state index contributed by atoms with van der Waals surface area (Å²) in [5, 5.41) is 3.26. The molecule has 4 heteroatoms. The first-order chi connectivity index (χ1) is 6.63. The van der Waals surface area contributed by atoms with Gasteiger partial charge in [-0.25, -0.2) is 4.39 Å². The van der Waals surface area contributed by atoms with Crippen molar-refractivity contribution in [2.45, 2.75) is 19.5 Å². The SMILES string of the molecule is CC(CN)NCc1ccc(F)cc1I. The predicted molar refractivity (Wildman–Crippen MR) is 64.5 cm³/mol. The van der Waals surface area contributed by atoms with Crippen LogP contribution in [0.15, 0.2) is 18.2 Å². The maximum Gasteiger partial charge on any atom is 0.124 e. The summed E-state index contributed by atoms with van der Waals surface area (Å²) in [7, 11) is 0. The Morgan fingerprint density at radius 1 is 1.57 bits per heavy atom. The fraction of sp³-hybridized carbons (Fsp3) is 0.400. The van der Waals surface area contributed by atoms with Crippen LogP contribution in [0.3, 0.4) is 0 Å². The fourth-order valence-corrected chi connectivity index (χ4v) is 1.70. The van der Waals surface area contributed by atoms with Crippen LogP contribution in [0.1, 0.15) is 12.5 Å². The molecule has 0 radical (unpaired) electrons. The van der Waals surface area contributed by atoms with Crippen LogP contribution in [-0.4, -0.2) is 12.6 Å². The molecular formula is C10H14FIN2. The van der Waals surface area contributed by atoms with E-state index in [1.54, 1.807) is 6.07 Å². The standard InChI is InChI=1S/C10H14FIN2/c1-7(5-13)14-6-8-2-3-9(11)4-10(8)12/h2-4,7,14H,5-6,13H2,1H3. The topological polar surface area (TPSA) is 38.0 Å². The number of halogens is 2. The third-order valence-corrected chi connectivity index (χ3v) is 3.01. The van der Waals surface area contributed by atoms with Crippen LogP contribution in [0.2, 0.25) is 0 Å². The minimum absolute atomic E-state index is 0.190. The Bertz CT molecular complexity index is 304. The molecule has 1 aromatic carbocycles. The monoisotopic (exact) mass is 308 g/mol. The minimum atomic E-state index is -0.190. The molecule has 14 heavy (non-hydrogen) atoms. The van der Waals surface area contributed by atoms with Crippen molar-refractivity contribution in [1.29, 1.82) is 0 Å². The number of nitrogens with two attached hydrogens (primary N) is 1. The molecule has 0 fully saturated rings. The zero-order chi connectivity index (χ0) is 10.6. The summed E-state index contributed by atoms with van der Waals surface area (Å²) in [5.41, 5.74) is 6.58. The summed E-state index contributed by atoms with van der Waals surface area (Å²) < 4.78 is 13.7.